The molecule has 1 heterocycles. The van der Waals surface area contributed by atoms with E-state index in [-0.39, 0.29) is 16.9 Å². The average Bonchev–Trinajstić information content (AvgIpc) is 2.44. The molecule has 1 saturated heterocycles. The van der Waals surface area contributed by atoms with Gasteiger partial charge in [0.15, 0.2) is 0 Å². The highest BCUT2D eigenvalue weighted by atomic mass is 35.5. The average molecular weight is 300 g/mol. The summed E-state index contributed by atoms with van der Waals surface area (Å²) in [6.45, 7) is 9.01. The number of halogens is 2. The maximum atomic E-state index is 13.3. The van der Waals surface area contributed by atoms with Crippen LogP contribution in [0.2, 0.25) is 5.02 Å². The Morgan fingerprint density at radius 3 is 2.30 bits per heavy atom. The Kier molecular flexibility index (Phi) is 5.38. The topological polar surface area (TPSA) is 32.5 Å². The van der Waals surface area contributed by atoms with Crippen molar-refractivity contribution in [2.75, 3.05) is 32.7 Å². The second-order valence-corrected chi connectivity index (χ2v) is 6.00. The quantitative estimate of drug-likeness (QED) is 0.927. The molecule has 2 rings (SSSR count). The molecule has 1 aromatic carbocycles. The third kappa shape index (κ3) is 3.50. The molecule has 112 valence electrons. The van der Waals surface area contributed by atoms with Gasteiger partial charge in [-0.1, -0.05) is 17.7 Å². The fourth-order valence-electron chi connectivity index (χ4n) is 2.78. The van der Waals surface area contributed by atoms with Gasteiger partial charge in [0, 0.05) is 44.8 Å². The molecular formula is C15H23ClFN3. The lowest BCUT2D eigenvalue weighted by Gasteiger charge is -2.40. The maximum Gasteiger partial charge on any atom is 0.141 e. The molecular weight excluding hydrogens is 277 g/mol. The van der Waals surface area contributed by atoms with Crippen molar-refractivity contribution in [3.63, 3.8) is 0 Å². The molecule has 20 heavy (non-hydrogen) atoms. The maximum absolute atomic E-state index is 13.3. The van der Waals surface area contributed by atoms with Crippen LogP contribution in [0.1, 0.15) is 25.5 Å². The van der Waals surface area contributed by atoms with E-state index in [2.05, 4.69) is 23.6 Å². The zero-order valence-electron chi connectivity index (χ0n) is 12.1. The number of nitrogens with zero attached hydrogens (tertiary/aromatic N) is 2. The number of nitrogens with two attached hydrogens (primary N) is 1. The van der Waals surface area contributed by atoms with Gasteiger partial charge in [-0.15, -0.1) is 0 Å². The summed E-state index contributed by atoms with van der Waals surface area (Å²) in [4.78, 5) is 4.82. The van der Waals surface area contributed by atoms with Crippen LogP contribution in [0.5, 0.6) is 0 Å². The summed E-state index contributed by atoms with van der Waals surface area (Å²) in [5.74, 6) is -0.379. The highest BCUT2D eigenvalue weighted by Gasteiger charge is 2.25. The zero-order chi connectivity index (χ0) is 14.7. The minimum Gasteiger partial charge on any atom is -0.329 e. The van der Waals surface area contributed by atoms with Crippen molar-refractivity contribution < 1.29 is 4.39 Å². The molecule has 0 aromatic heterocycles. The smallest absolute Gasteiger partial charge is 0.141 e. The molecule has 0 radical (unpaired) electrons. The summed E-state index contributed by atoms with van der Waals surface area (Å²) < 4.78 is 13.3. The van der Waals surface area contributed by atoms with Crippen molar-refractivity contribution in [1.82, 2.24) is 9.80 Å². The van der Waals surface area contributed by atoms with Gasteiger partial charge in [-0.3, -0.25) is 9.80 Å². The molecule has 1 aromatic rings. The molecule has 0 bridgehead atoms. The van der Waals surface area contributed by atoms with Crippen LogP contribution >= 0.6 is 11.6 Å². The third-order valence-electron chi connectivity index (χ3n) is 4.07. The molecule has 5 heteroatoms. The van der Waals surface area contributed by atoms with E-state index in [1.54, 1.807) is 12.1 Å². The van der Waals surface area contributed by atoms with Crippen LogP contribution in [-0.4, -0.2) is 48.6 Å². The summed E-state index contributed by atoms with van der Waals surface area (Å²) >= 11 is 5.88. The van der Waals surface area contributed by atoms with Crippen molar-refractivity contribution in [2.24, 2.45) is 5.73 Å². The SMILES string of the molecule is CC(C)N1CCN(C(CN)c2ccc(F)c(Cl)c2)CC1. The van der Waals surface area contributed by atoms with Gasteiger partial charge in [0.2, 0.25) is 0 Å². The van der Waals surface area contributed by atoms with Crippen LogP contribution in [0, 0.1) is 5.82 Å². The first kappa shape index (κ1) is 15.7. The summed E-state index contributed by atoms with van der Waals surface area (Å²) in [5, 5.41) is 0.168. The predicted molar refractivity (Wildman–Crippen MR) is 81.5 cm³/mol. The van der Waals surface area contributed by atoms with Crippen LogP contribution in [-0.2, 0) is 0 Å². The van der Waals surface area contributed by atoms with Gasteiger partial charge in [0.25, 0.3) is 0 Å². The second-order valence-electron chi connectivity index (χ2n) is 5.59. The molecule has 1 aliphatic rings. The predicted octanol–water partition coefficient (Wildman–Crippen LogP) is 2.50. The Balaban J connectivity index is 2.07. The lowest BCUT2D eigenvalue weighted by atomic mass is 10.0. The van der Waals surface area contributed by atoms with Crippen molar-refractivity contribution in [3.8, 4) is 0 Å². The van der Waals surface area contributed by atoms with E-state index in [0.29, 0.717) is 12.6 Å². The van der Waals surface area contributed by atoms with Gasteiger partial charge >= 0.3 is 0 Å². The van der Waals surface area contributed by atoms with Gasteiger partial charge in [0.05, 0.1) is 5.02 Å². The Bertz CT molecular complexity index is 445. The second kappa shape index (κ2) is 6.85. The zero-order valence-corrected chi connectivity index (χ0v) is 12.9. The largest absolute Gasteiger partial charge is 0.329 e. The van der Waals surface area contributed by atoms with E-state index in [9.17, 15) is 4.39 Å². The van der Waals surface area contributed by atoms with Crippen LogP contribution in [0.15, 0.2) is 18.2 Å². The van der Waals surface area contributed by atoms with Crippen molar-refractivity contribution in [1.29, 1.82) is 0 Å². The van der Waals surface area contributed by atoms with E-state index < -0.39 is 0 Å². The van der Waals surface area contributed by atoms with E-state index in [1.165, 1.54) is 6.07 Å². The number of piperazine rings is 1. The van der Waals surface area contributed by atoms with Crippen LogP contribution in [0.25, 0.3) is 0 Å². The van der Waals surface area contributed by atoms with Gasteiger partial charge in [-0.2, -0.15) is 0 Å². The molecule has 0 amide bonds. The summed E-state index contributed by atoms with van der Waals surface area (Å²) in [6, 6.07) is 5.60. The van der Waals surface area contributed by atoms with Crippen molar-refractivity contribution >= 4 is 11.6 Å². The van der Waals surface area contributed by atoms with E-state index in [0.717, 1.165) is 31.7 Å². The van der Waals surface area contributed by atoms with E-state index >= 15 is 0 Å². The lowest BCUT2D eigenvalue weighted by molar-refractivity contribution is 0.0802. The molecule has 1 unspecified atom stereocenters. The number of hydrogen-bond acceptors (Lipinski definition) is 3. The van der Waals surface area contributed by atoms with E-state index in [4.69, 9.17) is 17.3 Å². The summed E-state index contributed by atoms with van der Waals surface area (Å²) in [5.41, 5.74) is 6.92. The van der Waals surface area contributed by atoms with Gasteiger partial charge in [0.1, 0.15) is 5.82 Å². The van der Waals surface area contributed by atoms with Crippen LogP contribution < -0.4 is 5.73 Å². The van der Waals surface area contributed by atoms with Crippen molar-refractivity contribution in [2.45, 2.75) is 25.9 Å². The molecule has 1 aliphatic heterocycles. The number of hydrogen-bond donors (Lipinski definition) is 1. The molecule has 2 N–H and O–H groups in total. The molecule has 0 aliphatic carbocycles. The van der Waals surface area contributed by atoms with Crippen LogP contribution in [0.3, 0.4) is 0 Å². The van der Waals surface area contributed by atoms with E-state index in [1.807, 2.05) is 0 Å². The van der Waals surface area contributed by atoms with Gasteiger partial charge in [-0.25, -0.2) is 4.39 Å². The highest BCUT2D eigenvalue weighted by Crippen LogP contribution is 2.25. The first-order valence-corrected chi connectivity index (χ1v) is 7.54. The first-order valence-electron chi connectivity index (χ1n) is 7.16. The first-order chi connectivity index (χ1) is 9.52. The monoisotopic (exact) mass is 299 g/mol. The van der Waals surface area contributed by atoms with Crippen molar-refractivity contribution in [3.05, 3.63) is 34.6 Å². The van der Waals surface area contributed by atoms with Gasteiger partial charge in [-0.05, 0) is 31.5 Å². The molecule has 0 saturated carbocycles. The normalized spacial score (nSPS) is 19.5. The third-order valence-corrected chi connectivity index (χ3v) is 4.36. The number of benzene rings is 1. The van der Waals surface area contributed by atoms with Crippen LogP contribution in [0.4, 0.5) is 4.39 Å². The fraction of sp³-hybridized carbons (Fsp3) is 0.600. The Morgan fingerprint density at radius 1 is 1.20 bits per heavy atom. The summed E-state index contributed by atoms with van der Waals surface area (Å²) in [6.07, 6.45) is 0. The molecule has 1 atom stereocenters. The fourth-order valence-corrected chi connectivity index (χ4v) is 2.97. The van der Waals surface area contributed by atoms with Gasteiger partial charge < -0.3 is 5.73 Å². The number of rotatable bonds is 4. The molecule has 0 spiro atoms. The summed E-state index contributed by atoms with van der Waals surface area (Å²) in [7, 11) is 0. The Hall–Kier alpha value is -0.680. The Morgan fingerprint density at radius 2 is 1.80 bits per heavy atom. The minimum atomic E-state index is -0.379. The standard InChI is InChI=1S/C15H23ClFN3/c1-11(2)19-5-7-20(8-6-19)15(10-18)12-3-4-14(17)13(16)9-12/h3-4,9,11,15H,5-8,10,18H2,1-2H3. The lowest BCUT2D eigenvalue weighted by Crippen LogP contribution is -2.50. The Labute approximate surface area is 125 Å². The molecule has 1 fully saturated rings. The highest BCUT2D eigenvalue weighted by molar-refractivity contribution is 6.30. The minimum absolute atomic E-state index is 0.113. The molecule has 3 nitrogen and oxygen atoms in total.